The van der Waals surface area contributed by atoms with Crippen molar-refractivity contribution in [3.05, 3.63) is 107 Å². The van der Waals surface area contributed by atoms with Crippen molar-refractivity contribution in [2.24, 2.45) is 0 Å². The van der Waals surface area contributed by atoms with Gasteiger partial charge in [0.1, 0.15) is 11.5 Å². The molecule has 0 N–H and O–H groups in total. The molecule has 2 aromatic heterocycles. The molecule has 0 spiro atoms. The molecular weight excluding hydrogens is 573 g/mol. The molecule has 4 aromatic rings. The first-order chi connectivity index (χ1) is 14.7. The van der Waals surface area contributed by atoms with Crippen molar-refractivity contribution in [1.82, 2.24) is 9.97 Å². The summed E-state index contributed by atoms with van der Waals surface area (Å²) in [5.74, 6) is -1.43. The summed E-state index contributed by atoms with van der Waals surface area (Å²) in [6.45, 7) is 0. The molecule has 0 unspecified atom stereocenters. The molecule has 0 atom stereocenters. The predicted octanol–water partition coefficient (Wildman–Crippen LogP) is 5.57. The number of hydrogen-bond donors (Lipinski definition) is 0. The fourth-order valence-corrected chi connectivity index (χ4v) is 3.78. The number of rotatable bonds is 0. The second-order valence-corrected chi connectivity index (χ2v) is 7.45. The van der Waals surface area contributed by atoms with Gasteiger partial charge >= 0.3 is 21.1 Å². The number of fused-ring (bicyclic) bond motifs is 10. The van der Waals surface area contributed by atoms with Crippen LogP contribution in [0.5, 0.6) is 0 Å². The Hall–Kier alpha value is -2.71. The largest absolute Gasteiger partial charge is 2.00 e. The van der Waals surface area contributed by atoms with Crippen molar-refractivity contribution < 1.29 is 29.8 Å². The SMILES string of the molecule is Fc1cc(F)c2nc1-c1[c-]c(ccc1)CCc1[c-]c(ccc1)CCc1cccc-2n1.[Pt+2]. The van der Waals surface area contributed by atoms with Gasteiger partial charge in [-0.2, -0.15) is 35.4 Å². The molecule has 8 bridgehead atoms. The maximum atomic E-state index is 14.6. The smallest absolute Gasteiger partial charge is 0.289 e. The average Bonchev–Trinajstić information content (AvgIpc) is 2.77. The molecule has 2 aromatic carbocycles. The Morgan fingerprint density at radius 2 is 1.26 bits per heavy atom. The van der Waals surface area contributed by atoms with Crippen LogP contribution in [0.2, 0.25) is 0 Å². The minimum Gasteiger partial charge on any atom is -0.289 e. The third-order valence-electron chi connectivity index (χ3n) is 5.32. The van der Waals surface area contributed by atoms with Gasteiger partial charge < -0.3 is 0 Å². The van der Waals surface area contributed by atoms with Gasteiger partial charge in [-0.1, -0.05) is 6.07 Å². The van der Waals surface area contributed by atoms with E-state index in [2.05, 4.69) is 34.2 Å². The van der Waals surface area contributed by atoms with E-state index in [0.29, 0.717) is 17.7 Å². The van der Waals surface area contributed by atoms with E-state index in [9.17, 15) is 8.78 Å². The summed E-state index contributed by atoms with van der Waals surface area (Å²) in [5, 5.41) is 0. The maximum Gasteiger partial charge on any atom is 2.00 e. The number of halogens is 2. The number of hydrogen-bond acceptors (Lipinski definition) is 2. The summed E-state index contributed by atoms with van der Waals surface area (Å²) >= 11 is 0. The van der Waals surface area contributed by atoms with E-state index in [-0.39, 0.29) is 32.5 Å². The molecule has 3 heterocycles. The first-order valence-corrected chi connectivity index (χ1v) is 10.00. The average molecular weight is 592 g/mol. The Bertz CT molecular complexity index is 1150. The normalized spacial score (nSPS) is 12.7. The Morgan fingerprint density at radius 3 is 2.03 bits per heavy atom. The van der Waals surface area contributed by atoms with Crippen molar-refractivity contribution in [2.75, 3.05) is 0 Å². The number of pyridine rings is 2. The molecule has 0 amide bonds. The number of benzene rings is 2. The number of aryl methyl sites for hydroxylation is 4. The van der Waals surface area contributed by atoms with Crippen LogP contribution in [0, 0.1) is 23.8 Å². The molecule has 0 fully saturated rings. The maximum absolute atomic E-state index is 14.6. The molecule has 5 heteroatoms. The Labute approximate surface area is 194 Å². The van der Waals surface area contributed by atoms with Crippen molar-refractivity contribution >= 4 is 0 Å². The molecule has 0 saturated carbocycles. The van der Waals surface area contributed by atoms with Gasteiger partial charge in [0.05, 0.1) is 5.69 Å². The van der Waals surface area contributed by atoms with E-state index in [0.717, 1.165) is 47.7 Å². The summed E-state index contributed by atoms with van der Waals surface area (Å²) < 4.78 is 29.2. The Kier molecular flexibility index (Phi) is 6.38. The van der Waals surface area contributed by atoms with Crippen LogP contribution in [0.25, 0.3) is 22.6 Å². The fraction of sp³-hybridized carbons (Fsp3) is 0.154. The van der Waals surface area contributed by atoms with Crippen LogP contribution in [0.15, 0.2) is 60.7 Å². The summed E-state index contributed by atoms with van der Waals surface area (Å²) in [7, 11) is 0. The first-order valence-electron chi connectivity index (χ1n) is 10.00. The standard InChI is InChI=1S/C26H18F2N2.Pt/c27-22-16-23(28)26-24-9-3-8-21(29-24)13-12-18-5-1-4-17(14-18)10-11-19-6-2-7-20(15-19)25(22)30-26;/h1-9,16H,10-13H2;/q-2;+2. The van der Waals surface area contributed by atoms with Crippen molar-refractivity contribution in [3.8, 4) is 22.6 Å². The Balaban J connectivity index is 0.00000231. The van der Waals surface area contributed by atoms with Gasteiger partial charge in [0.15, 0.2) is 5.82 Å². The van der Waals surface area contributed by atoms with Gasteiger partial charge in [0.25, 0.3) is 0 Å². The summed E-state index contributed by atoms with van der Waals surface area (Å²) in [4.78, 5) is 8.91. The van der Waals surface area contributed by atoms with Crippen LogP contribution >= 0.6 is 0 Å². The molecule has 0 saturated heterocycles. The van der Waals surface area contributed by atoms with E-state index < -0.39 is 11.6 Å². The summed E-state index contributed by atoms with van der Waals surface area (Å²) in [6.07, 6.45) is 3.06. The van der Waals surface area contributed by atoms with Crippen LogP contribution < -0.4 is 0 Å². The predicted molar refractivity (Wildman–Crippen MR) is 112 cm³/mol. The molecule has 1 aliphatic rings. The molecule has 0 aliphatic carbocycles. The number of aromatic nitrogens is 2. The molecule has 0 radical (unpaired) electrons. The van der Waals surface area contributed by atoms with Crippen molar-refractivity contribution in [2.45, 2.75) is 25.7 Å². The summed E-state index contributed by atoms with van der Waals surface area (Å²) in [5.41, 5.74) is 5.07. The van der Waals surface area contributed by atoms with Crippen LogP contribution in [0.4, 0.5) is 8.78 Å². The summed E-state index contributed by atoms with van der Waals surface area (Å²) in [6, 6.07) is 24.8. The molecule has 156 valence electrons. The first kappa shape index (κ1) is 21.5. The van der Waals surface area contributed by atoms with E-state index in [1.165, 1.54) is 0 Å². The van der Waals surface area contributed by atoms with Crippen molar-refractivity contribution in [1.29, 1.82) is 0 Å². The minimum atomic E-state index is -0.723. The van der Waals surface area contributed by atoms with E-state index >= 15 is 0 Å². The van der Waals surface area contributed by atoms with Gasteiger partial charge in [-0.25, -0.2) is 8.78 Å². The monoisotopic (exact) mass is 591 g/mol. The van der Waals surface area contributed by atoms with Crippen LogP contribution in [-0.2, 0) is 46.7 Å². The molecule has 2 nitrogen and oxygen atoms in total. The number of nitrogens with zero attached hydrogens (tertiary/aromatic N) is 2. The van der Waals surface area contributed by atoms with Gasteiger partial charge in [0.2, 0.25) is 0 Å². The zero-order valence-corrected chi connectivity index (χ0v) is 18.8. The molecule has 1 aliphatic heterocycles. The fourth-order valence-electron chi connectivity index (χ4n) is 3.78. The van der Waals surface area contributed by atoms with Gasteiger partial charge in [-0.05, 0) is 37.8 Å². The van der Waals surface area contributed by atoms with Gasteiger partial charge in [-0.3, -0.25) is 9.97 Å². The Morgan fingerprint density at radius 1 is 0.645 bits per heavy atom. The molecular formula is C26H18F2N2Pt. The zero-order valence-electron chi connectivity index (χ0n) is 16.6. The van der Waals surface area contributed by atoms with Crippen molar-refractivity contribution in [3.63, 3.8) is 0 Å². The quantitative estimate of drug-likeness (QED) is 0.250. The van der Waals surface area contributed by atoms with Crippen LogP contribution in [0.3, 0.4) is 0 Å². The topological polar surface area (TPSA) is 25.8 Å². The third-order valence-corrected chi connectivity index (χ3v) is 5.32. The second kappa shape index (κ2) is 9.19. The molecule has 31 heavy (non-hydrogen) atoms. The van der Waals surface area contributed by atoms with E-state index in [1.807, 2.05) is 30.3 Å². The zero-order chi connectivity index (χ0) is 20.5. The van der Waals surface area contributed by atoms with E-state index in [4.69, 9.17) is 0 Å². The molecule has 5 rings (SSSR count). The second-order valence-electron chi connectivity index (χ2n) is 7.45. The minimum absolute atomic E-state index is 0. The van der Waals surface area contributed by atoms with Crippen LogP contribution in [-0.4, -0.2) is 9.97 Å². The third kappa shape index (κ3) is 4.65. The van der Waals surface area contributed by atoms with Gasteiger partial charge in [0, 0.05) is 17.5 Å². The van der Waals surface area contributed by atoms with Gasteiger partial charge in [-0.15, -0.1) is 35.4 Å². The van der Waals surface area contributed by atoms with Crippen LogP contribution in [0.1, 0.15) is 22.4 Å². The van der Waals surface area contributed by atoms with E-state index in [1.54, 1.807) is 12.1 Å².